The maximum absolute atomic E-state index is 12.7. The summed E-state index contributed by atoms with van der Waals surface area (Å²) in [4.78, 5) is 36.5. The van der Waals surface area contributed by atoms with E-state index in [-0.39, 0.29) is 29.3 Å². The molecule has 2 aromatic carbocycles. The minimum atomic E-state index is -3.65. The first-order valence-corrected chi connectivity index (χ1v) is 11.8. The number of amides is 3. The Kier molecular flexibility index (Phi) is 7.60. The number of hydrogen-bond donors (Lipinski definition) is 3. The topological polar surface area (TPSA) is 125 Å². The summed E-state index contributed by atoms with van der Waals surface area (Å²) in [6.45, 7) is 2.85. The predicted molar refractivity (Wildman–Crippen MR) is 118 cm³/mol. The Morgan fingerprint density at radius 2 is 1.66 bits per heavy atom. The van der Waals surface area contributed by atoms with E-state index in [1.807, 2.05) is 19.1 Å². The predicted octanol–water partition coefficient (Wildman–Crippen LogP) is 1.36. The third-order valence-corrected chi connectivity index (χ3v) is 7.04. The Morgan fingerprint density at radius 1 is 0.938 bits per heavy atom. The van der Waals surface area contributed by atoms with Gasteiger partial charge in [-0.15, -0.1) is 0 Å². The molecular weight excluding hydrogens is 432 g/mol. The molecule has 0 bridgehead atoms. The molecule has 3 N–H and O–H groups in total. The minimum Gasteiger partial charge on any atom is -0.352 e. The fourth-order valence-corrected chi connectivity index (χ4v) is 4.91. The largest absolute Gasteiger partial charge is 0.352 e. The van der Waals surface area contributed by atoms with Gasteiger partial charge in [-0.05, 0) is 49.6 Å². The SMILES string of the molecule is Cc1ccccc1C(=O)NCCC(=O)NNC(=O)c1cccc(S(=O)(=O)N2CCCC2)c1. The number of carbonyl (C=O) groups is 3. The zero-order valence-electron chi connectivity index (χ0n) is 17.8. The summed E-state index contributed by atoms with van der Waals surface area (Å²) in [6, 6.07) is 12.8. The molecule has 0 saturated carbocycles. The quantitative estimate of drug-likeness (QED) is 0.541. The molecular formula is C22H26N4O5S. The number of nitrogens with zero attached hydrogens (tertiary/aromatic N) is 1. The molecule has 0 unspecified atom stereocenters. The number of rotatable bonds is 7. The van der Waals surface area contributed by atoms with E-state index in [1.54, 1.807) is 12.1 Å². The third kappa shape index (κ3) is 5.71. The number of sulfonamides is 1. The zero-order valence-corrected chi connectivity index (χ0v) is 18.6. The van der Waals surface area contributed by atoms with E-state index in [4.69, 9.17) is 0 Å². The lowest BCUT2D eigenvalue weighted by Crippen LogP contribution is -2.42. The normalized spacial score (nSPS) is 14.0. The van der Waals surface area contributed by atoms with Gasteiger partial charge in [-0.1, -0.05) is 24.3 Å². The van der Waals surface area contributed by atoms with Gasteiger partial charge in [0.2, 0.25) is 15.9 Å². The second-order valence-corrected chi connectivity index (χ2v) is 9.40. The molecule has 1 fully saturated rings. The van der Waals surface area contributed by atoms with Gasteiger partial charge < -0.3 is 5.32 Å². The summed E-state index contributed by atoms with van der Waals surface area (Å²) in [6.07, 6.45) is 1.59. The summed E-state index contributed by atoms with van der Waals surface area (Å²) < 4.78 is 26.7. The van der Waals surface area contributed by atoms with E-state index >= 15 is 0 Å². The average Bonchev–Trinajstić information content (AvgIpc) is 3.34. The first-order chi connectivity index (χ1) is 15.3. The molecule has 170 valence electrons. The first-order valence-electron chi connectivity index (χ1n) is 10.3. The van der Waals surface area contributed by atoms with Gasteiger partial charge in [-0.3, -0.25) is 25.2 Å². The van der Waals surface area contributed by atoms with Crippen LogP contribution in [0.15, 0.2) is 53.4 Å². The highest BCUT2D eigenvalue weighted by Crippen LogP contribution is 2.21. The van der Waals surface area contributed by atoms with Gasteiger partial charge in [0.05, 0.1) is 4.90 Å². The Bertz CT molecular complexity index is 1110. The van der Waals surface area contributed by atoms with Crippen molar-refractivity contribution in [3.8, 4) is 0 Å². The molecule has 3 rings (SSSR count). The van der Waals surface area contributed by atoms with Crippen LogP contribution in [0.3, 0.4) is 0 Å². The van der Waals surface area contributed by atoms with Gasteiger partial charge in [-0.2, -0.15) is 4.31 Å². The maximum Gasteiger partial charge on any atom is 0.269 e. The first kappa shape index (κ1) is 23.4. The highest BCUT2D eigenvalue weighted by atomic mass is 32.2. The fraction of sp³-hybridized carbons (Fsp3) is 0.318. The Morgan fingerprint density at radius 3 is 2.38 bits per heavy atom. The minimum absolute atomic E-state index is 0.0392. The van der Waals surface area contributed by atoms with Crippen molar-refractivity contribution in [1.29, 1.82) is 0 Å². The number of carbonyl (C=O) groups excluding carboxylic acids is 3. The van der Waals surface area contributed by atoms with E-state index in [2.05, 4.69) is 16.2 Å². The van der Waals surface area contributed by atoms with Crippen molar-refractivity contribution in [2.75, 3.05) is 19.6 Å². The van der Waals surface area contributed by atoms with Gasteiger partial charge in [0.1, 0.15) is 0 Å². The van der Waals surface area contributed by atoms with Crippen LogP contribution in [0.25, 0.3) is 0 Å². The van der Waals surface area contributed by atoms with Gasteiger partial charge in [0.15, 0.2) is 0 Å². The number of benzene rings is 2. The fourth-order valence-electron chi connectivity index (χ4n) is 3.35. The molecule has 1 heterocycles. The van der Waals surface area contributed by atoms with Crippen LogP contribution in [-0.4, -0.2) is 50.1 Å². The molecule has 0 aromatic heterocycles. The Labute approximate surface area is 187 Å². The lowest BCUT2D eigenvalue weighted by molar-refractivity contribution is -0.121. The lowest BCUT2D eigenvalue weighted by atomic mass is 10.1. The Balaban J connectivity index is 1.48. The van der Waals surface area contributed by atoms with Crippen molar-refractivity contribution in [3.63, 3.8) is 0 Å². The van der Waals surface area contributed by atoms with Crippen LogP contribution in [0.5, 0.6) is 0 Å². The van der Waals surface area contributed by atoms with Crippen LogP contribution < -0.4 is 16.2 Å². The summed E-state index contributed by atoms with van der Waals surface area (Å²) in [5.41, 5.74) is 6.01. The van der Waals surface area contributed by atoms with E-state index in [1.165, 1.54) is 28.6 Å². The van der Waals surface area contributed by atoms with Crippen molar-refractivity contribution in [2.45, 2.75) is 31.1 Å². The van der Waals surface area contributed by atoms with E-state index in [9.17, 15) is 22.8 Å². The smallest absolute Gasteiger partial charge is 0.269 e. The van der Waals surface area contributed by atoms with Crippen LogP contribution in [0.4, 0.5) is 0 Å². The molecule has 0 radical (unpaired) electrons. The van der Waals surface area contributed by atoms with Crippen LogP contribution in [0.2, 0.25) is 0 Å². The highest BCUT2D eigenvalue weighted by molar-refractivity contribution is 7.89. The number of hydrazine groups is 1. The summed E-state index contributed by atoms with van der Waals surface area (Å²) in [5, 5.41) is 2.66. The average molecular weight is 459 g/mol. The summed E-state index contributed by atoms with van der Waals surface area (Å²) >= 11 is 0. The van der Waals surface area contributed by atoms with Crippen molar-refractivity contribution < 1.29 is 22.8 Å². The molecule has 9 nitrogen and oxygen atoms in total. The van der Waals surface area contributed by atoms with Crippen molar-refractivity contribution in [1.82, 2.24) is 20.5 Å². The number of aryl methyl sites for hydroxylation is 1. The maximum atomic E-state index is 12.7. The molecule has 1 aliphatic heterocycles. The number of hydrogen-bond acceptors (Lipinski definition) is 5. The monoisotopic (exact) mass is 458 g/mol. The molecule has 0 spiro atoms. The molecule has 0 atom stereocenters. The van der Waals surface area contributed by atoms with Crippen molar-refractivity contribution in [3.05, 3.63) is 65.2 Å². The second kappa shape index (κ2) is 10.4. The standard InChI is InChI=1S/C22H26N4O5S/c1-16-7-2-3-10-19(16)22(29)23-12-11-20(27)24-25-21(28)17-8-6-9-18(15-17)32(30,31)26-13-4-5-14-26/h2-3,6-10,15H,4-5,11-14H2,1H3,(H,23,29)(H,24,27)(H,25,28). The van der Waals surface area contributed by atoms with Crippen LogP contribution in [0.1, 0.15) is 45.5 Å². The summed E-state index contributed by atoms with van der Waals surface area (Å²) in [5.74, 6) is -1.42. The molecule has 1 aliphatic rings. The van der Waals surface area contributed by atoms with Gasteiger partial charge in [0.25, 0.3) is 11.8 Å². The van der Waals surface area contributed by atoms with Gasteiger partial charge >= 0.3 is 0 Å². The van der Waals surface area contributed by atoms with Crippen LogP contribution in [0, 0.1) is 6.92 Å². The van der Waals surface area contributed by atoms with E-state index in [0.717, 1.165) is 18.4 Å². The molecule has 10 heteroatoms. The third-order valence-electron chi connectivity index (χ3n) is 5.14. The number of nitrogens with one attached hydrogen (secondary N) is 3. The Hall–Kier alpha value is -3.24. The molecule has 32 heavy (non-hydrogen) atoms. The lowest BCUT2D eigenvalue weighted by Gasteiger charge is -2.16. The van der Waals surface area contributed by atoms with Crippen LogP contribution >= 0.6 is 0 Å². The van der Waals surface area contributed by atoms with E-state index < -0.39 is 21.8 Å². The zero-order chi connectivity index (χ0) is 23.1. The van der Waals surface area contributed by atoms with Gasteiger partial charge in [0, 0.05) is 37.2 Å². The molecule has 1 saturated heterocycles. The van der Waals surface area contributed by atoms with Crippen LogP contribution in [-0.2, 0) is 14.8 Å². The molecule has 0 aliphatic carbocycles. The molecule has 2 aromatic rings. The molecule has 3 amide bonds. The second-order valence-electron chi connectivity index (χ2n) is 7.46. The highest BCUT2D eigenvalue weighted by Gasteiger charge is 2.27. The van der Waals surface area contributed by atoms with Crippen molar-refractivity contribution >= 4 is 27.7 Å². The summed E-state index contributed by atoms with van der Waals surface area (Å²) in [7, 11) is -3.65. The van der Waals surface area contributed by atoms with E-state index in [0.29, 0.717) is 18.7 Å². The van der Waals surface area contributed by atoms with Crippen molar-refractivity contribution in [2.24, 2.45) is 0 Å². The van der Waals surface area contributed by atoms with Gasteiger partial charge in [-0.25, -0.2) is 8.42 Å².